The lowest BCUT2D eigenvalue weighted by atomic mass is 9.98. The van der Waals surface area contributed by atoms with Crippen LogP contribution in [0.1, 0.15) is 0 Å². The molecular weight excluding hydrogens is 725 g/mol. The quantitative estimate of drug-likeness (QED) is 0.168. The van der Waals surface area contributed by atoms with Crippen LogP contribution in [0, 0.1) is 0 Å². The average molecular weight is 759 g/mol. The fraction of sp³-hybridized carbons (Fsp3) is 0. The fourth-order valence-electron chi connectivity index (χ4n) is 8.96. The van der Waals surface area contributed by atoms with Crippen molar-refractivity contribution >= 4 is 92.3 Å². The van der Waals surface area contributed by atoms with E-state index in [0.29, 0.717) is 0 Å². The number of aromatic nitrogens is 1. The molecule has 0 N–H and O–H groups in total. The van der Waals surface area contributed by atoms with E-state index in [4.69, 9.17) is 4.42 Å². The molecule has 0 radical (unpaired) electrons. The number of anilines is 3. The van der Waals surface area contributed by atoms with Crippen molar-refractivity contribution in [2.45, 2.75) is 0 Å². The third-order valence-corrected chi connectivity index (χ3v) is 12.8. The molecule has 0 saturated carbocycles. The summed E-state index contributed by atoms with van der Waals surface area (Å²) in [5.74, 6) is 0. The van der Waals surface area contributed by atoms with Crippen molar-refractivity contribution in [2.24, 2.45) is 0 Å². The van der Waals surface area contributed by atoms with Gasteiger partial charge in [-0.1, -0.05) is 133 Å². The summed E-state index contributed by atoms with van der Waals surface area (Å²) in [4.78, 5) is 2.38. The molecule has 4 heteroatoms. The fourth-order valence-corrected chi connectivity index (χ4v) is 10.0. The summed E-state index contributed by atoms with van der Waals surface area (Å²) in [6, 6.07) is 74.4. The molecule has 0 atom stereocenters. The second-order valence-electron chi connectivity index (χ2n) is 14.9. The summed E-state index contributed by atoms with van der Waals surface area (Å²) in [6.07, 6.45) is 0. The van der Waals surface area contributed by atoms with Gasteiger partial charge in [-0.2, -0.15) is 0 Å². The zero-order valence-corrected chi connectivity index (χ0v) is 32.2. The van der Waals surface area contributed by atoms with Crippen molar-refractivity contribution in [2.75, 3.05) is 4.90 Å². The maximum absolute atomic E-state index is 6.39. The number of hydrogen-bond donors (Lipinski definition) is 0. The predicted octanol–water partition coefficient (Wildman–Crippen LogP) is 15.9. The molecular formula is C54H34N2OS. The summed E-state index contributed by atoms with van der Waals surface area (Å²) in [5.41, 5.74) is 13.3. The monoisotopic (exact) mass is 758 g/mol. The standard InChI is InChI=1S/C54H34N2OS/c1-6-17-46(56-47-18-7-2-13-41(47)42-14-3-8-19-48(42)56)40(12-1)37-26-24-35(25-27-37)36-28-30-38(31-29-36)55(39-32-33-53-45(34-39)43-15-5-10-23-52(43)58-53)49-20-11-22-51-54(49)44-16-4-9-21-50(44)57-51/h1-34H. The van der Waals surface area contributed by atoms with Crippen molar-refractivity contribution in [3.63, 3.8) is 0 Å². The smallest absolute Gasteiger partial charge is 0.137 e. The number of rotatable bonds is 6. The zero-order chi connectivity index (χ0) is 38.2. The van der Waals surface area contributed by atoms with Crippen LogP contribution in [0.3, 0.4) is 0 Å². The number of nitrogens with zero attached hydrogens (tertiary/aromatic N) is 2. The first kappa shape index (κ1) is 32.8. The SMILES string of the molecule is c1ccc(-n2c3ccccc3c3ccccc32)c(-c2ccc(-c3ccc(N(c4ccc5sc6ccccc6c5c4)c4cccc5oc6ccccc6c45)cc3)cc2)c1. The second kappa shape index (κ2) is 13.1. The van der Waals surface area contributed by atoms with Crippen LogP contribution in [-0.2, 0) is 0 Å². The second-order valence-corrected chi connectivity index (χ2v) is 16.0. The predicted molar refractivity (Wildman–Crippen MR) is 247 cm³/mol. The number of benzene rings is 9. The molecule has 3 heterocycles. The van der Waals surface area contributed by atoms with Crippen molar-refractivity contribution < 1.29 is 4.42 Å². The number of thiophene rings is 1. The molecule has 0 aliphatic rings. The Morgan fingerprint density at radius 3 is 1.74 bits per heavy atom. The number of para-hydroxylation sites is 4. The third kappa shape index (κ3) is 5.12. The molecule has 0 saturated heterocycles. The lowest BCUT2D eigenvalue weighted by molar-refractivity contribution is 0.669. The highest BCUT2D eigenvalue weighted by Gasteiger charge is 2.21. The van der Waals surface area contributed by atoms with Crippen LogP contribution in [0.4, 0.5) is 17.1 Å². The average Bonchev–Trinajstić information content (AvgIpc) is 3.97. The van der Waals surface area contributed by atoms with E-state index >= 15 is 0 Å². The topological polar surface area (TPSA) is 21.3 Å². The van der Waals surface area contributed by atoms with Gasteiger partial charge in [0.2, 0.25) is 0 Å². The summed E-state index contributed by atoms with van der Waals surface area (Å²) < 4.78 is 11.4. The first-order valence-electron chi connectivity index (χ1n) is 19.7. The molecule has 12 aromatic rings. The summed E-state index contributed by atoms with van der Waals surface area (Å²) in [6.45, 7) is 0. The van der Waals surface area contributed by atoms with E-state index in [-0.39, 0.29) is 0 Å². The third-order valence-electron chi connectivity index (χ3n) is 11.6. The maximum Gasteiger partial charge on any atom is 0.137 e. The molecule has 0 fully saturated rings. The van der Waals surface area contributed by atoms with Gasteiger partial charge in [-0.15, -0.1) is 11.3 Å². The van der Waals surface area contributed by atoms with Crippen LogP contribution >= 0.6 is 11.3 Å². The first-order chi connectivity index (χ1) is 28.8. The molecule has 58 heavy (non-hydrogen) atoms. The molecule has 12 rings (SSSR count). The Kier molecular flexibility index (Phi) is 7.40. The van der Waals surface area contributed by atoms with Crippen LogP contribution in [0.2, 0.25) is 0 Å². The minimum Gasteiger partial charge on any atom is -0.456 e. The van der Waals surface area contributed by atoms with Gasteiger partial charge in [-0.25, -0.2) is 0 Å². The molecule has 0 aliphatic heterocycles. The van der Waals surface area contributed by atoms with E-state index in [1.54, 1.807) is 0 Å². The Labute approximate surface area is 338 Å². The molecule has 9 aromatic carbocycles. The summed E-state index contributed by atoms with van der Waals surface area (Å²) in [5, 5.41) is 7.29. The highest BCUT2D eigenvalue weighted by molar-refractivity contribution is 7.25. The molecule has 272 valence electrons. The first-order valence-corrected chi connectivity index (χ1v) is 20.5. The lowest BCUT2D eigenvalue weighted by Crippen LogP contribution is -2.10. The molecule has 0 spiro atoms. The minimum absolute atomic E-state index is 0.877. The van der Waals surface area contributed by atoms with Gasteiger partial charge in [-0.3, -0.25) is 0 Å². The van der Waals surface area contributed by atoms with Gasteiger partial charge in [-0.05, 0) is 89.5 Å². The highest BCUT2D eigenvalue weighted by Crippen LogP contribution is 2.45. The molecule has 0 aliphatic carbocycles. The van der Waals surface area contributed by atoms with E-state index in [2.05, 4.69) is 210 Å². The van der Waals surface area contributed by atoms with Gasteiger partial charge in [0.05, 0.1) is 27.8 Å². The van der Waals surface area contributed by atoms with Crippen LogP contribution in [0.25, 0.3) is 91.9 Å². The van der Waals surface area contributed by atoms with E-state index in [0.717, 1.165) is 44.6 Å². The Bertz CT molecular complexity index is 3460. The normalized spacial score (nSPS) is 11.8. The molecule has 0 unspecified atom stereocenters. The minimum atomic E-state index is 0.877. The van der Waals surface area contributed by atoms with E-state index in [9.17, 15) is 0 Å². The van der Waals surface area contributed by atoms with Gasteiger partial charge in [0.25, 0.3) is 0 Å². The van der Waals surface area contributed by atoms with Gasteiger partial charge < -0.3 is 13.9 Å². The summed E-state index contributed by atoms with van der Waals surface area (Å²) in [7, 11) is 0. The maximum atomic E-state index is 6.39. The Morgan fingerprint density at radius 1 is 0.397 bits per heavy atom. The largest absolute Gasteiger partial charge is 0.456 e. The zero-order valence-electron chi connectivity index (χ0n) is 31.3. The van der Waals surface area contributed by atoms with Gasteiger partial charge in [0, 0.05) is 53.3 Å². The van der Waals surface area contributed by atoms with Gasteiger partial charge in [0.15, 0.2) is 0 Å². The van der Waals surface area contributed by atoms with Crippen molar-refractivity contribution in [1.29, 1.82) is 0 Å². The van der Waals surface area contributed by atoms with Crippen LogP contribution < -0.4 is 4.90 Å². The van der Waals surface area contributed by atoms with E-state index in [1.165, 1.54) is 64.4 Å². The van der Waals surface area contributed by atoms with Crippen molar-refractivity contribution in [3.8, 4) is 27.9 Å². The van der Waals surface area contributed by atoms with Crippen molar-refractivity contribution in [1.82, 2.24) is 4.57 Å². The number of hydrogen-bond acceptors (Lipinski definition) is 3. The lowest BCUT2D eigenvalue weighted by Gasteiger charge is -2.26. The van der Waals surface area contributed by atoms with Crippen LogP contribution in [0.15, 0.2) is 211 Å². The number of furan rings is 1. The van der Waals surface area contributed by atoms with Gasteiger partial charge in [0.1, 0.15) is 11.2 Å². The van der Waals surface area contributed by atoms with Crippen LogP contribution in [0.5, 0.6) is 0 Å². The van der Waals surface area contributed by atoms with Crippen LogP contribution in [-0.4, -0.2) is 4.57 Å². The highest BCUT2D eigenvalue weighted by atomic mass is 32.1. The van der Waals surface area contributed by atoms with Crippen molar-refractivity contribution in [3.05, 3.63) is 206 Å². The Balaban J connectivity index is 0.950. The summed E-state index contributed by atoms with van der Waals surface area (Å²) >= 11 is 1.84. The van der Waals surface area contributed by atoms with Gasteiger partial charge >= 0.3 is 0 Å². The molecule has 3 nitrogen and oxygen atoms in total. The number of fused-ring (bicyclic) bond motifs is 9. The molecule has 0 amide bonds. The Morgan fingerprint density at radius 2 is 0.966 bits per heavy atom. The molecule has 3 aromatic heterocycles. The van der Waals surface area contributed by atoms with E-state index < -0.39 is 0 Å². The molecule has 0 bridgehead atoms. The van der Waals surface area contributed by atoms with E-state index in [1.807, 2.05) is 17.4 Å². The Hall–Kier alpha value is -7.40.